The zero-order valence-electron chi connectivity index (χ0n) is 10.2. The Morgan fingerprint density at radius 3 is 2.84 bits per heavy atom. The lowest BCUT2D eigenvalue weighted by atomic mass is 10.2. The number of aromatic nitrogens is 3. The Balaban J connectivity index is 1.65. The third-order valence-corrected chi connectivity index (χ3v) is 3.14. The summed E-state index contributed by atoms with van der Waals surface area (Å²) in [7, 11) is 0. The molecule has 0 spiro atoms. The van der Waals surface area contributed by atoms with Crippen molar-refractivity contribution in [2.24, 2.45) is 0 Å². The maximum atomic E-state index is 5.93. The first-order valence-corrected chi connectivity index (χ1v) is 6.47. The van der Waals surface area contributed by atoms with Crippen molar-refractivity contribution in [3.63, 3.8) is 0 Å². The maximum Gasteiger partial charge on any atom is 0.201 e. The second kappa shape index (κ2) is 5.28. The van der Waals surface area contributed by atoms with Crippen LogP contribution in [0.25, 0.3) is 11.0 Å². The van der Waals surface area contributed by atoms with E-state index >= 15 is 0 Å². The highest BCUT2D eigenvalue weighted by atomic mass is 35.5. The van der Waals surface area contributed by atoms with Crippen LogP contribution in [0.5, 0.6) is 0 Å². The molecule has 3 aromatic rings. The van der Waals surface area contributed by atoms with Crippen molar-refractivity contribution in [2.75, 3.05) is 11.9 Å². The number of nitrogens with one attached hydrogen (secondary N) is 2. The molecule has 0 radical (unpaired) electrons. The topological polar surface area (TPSA) is 53.6 Å². The number of anilines is 1. The van der Waals surface area contributed by atoms with E-state index in [1.807, 2.05) is 30.3 Å². The van der Waals surface area contributed by atoms with Gasteiger partial charge in [0.1, 0.15) is 0 Å². The van der Waals surface area contributed by atoms with E-state index < -0.39 is 0 Å². The third-order valence-electron chi connectivity index (χ3n) is 2.90. The van der Waals surface area contributed by atoms with Crippen molar-refractivity contribution < 1.29 is 0 Å². The molecule has 0 bridgehead atoms. The highest BCUT2D eigenvalue weighted by molar-refractivity contribution is 6.31. The van der Waals surface area contributed by atoms with E-state index in [0.717, 1.165) is 29.9 Å². The molecule has 0 amide bonds. The minimum Gasteiger partial charge on any atom is -0.355 e. The number of H-pyrrole nitrogens is 1. The van der Waals surface area contributed by atoms with E-state index in [9.17, 15) is 0 Å². The van der Waals surface area contributed by atoms with E-state index in [1.165, 1.54) is 5.56 Å². The van der Waals surface area contributed by atoms with Crippen LogP contribution in [0.4, 0.5) is 5.95 Å². The molecule has 0 saturated heterocycles. The Morgan fingerprint density at radius 2 is 2.00 bits per heavy atom. The highest BCUT2D eigenvalue weighted by Gasteiger charge is 2.02. The van der Waals surface area contributed by atoms with Crippen LogP contribution in [0.1, 0.15) is 5.56 Å². The first-order chi connectivity index (χ1) is 9.31. The fourth-order valence-corrected chi connectivity index (χ4v) is 2.10. The molecule has 19 heavy (non-hydrogen) atoms. The van der Waals surface area contributed by atoms with Crippen molar-refractivity contribution in [3.8, 4) is 0 Å². The molecule has 5 heteroatoms. The number of halogens is 1. The number of pyridine rings is 1. The van der Waals surface area contributed by atoms with Crippen LogP contribution in [-0.4, -0.2) is 21.5 Å². The summed E-state index contributed by atoms with van der Waals surface area (Å²) in [6.07, 6.45) is 4.54. The van der Waals surface area contributed by atoms with Gasteiger partial charge in [-0.25, -0.2) is 4.98 Å². The average molecular weight is 273 g/mol. The molecule has 0 fully saturated rings. The third kappa shape index (κ3) is 2.85. The van der Waals surface area contributed by atoms with Gasteiger partial charge < -0.3 is 10.3 Å². The summed E-state index contributed by atoms with van der Waals surface area (Å²) in [6, 6.07) is 9.66. The van der Waals surface area contributed by atoms with Crippen LogP contribution < -0.4 is 5.32 Å². The molecule has 96 valence electrons. The first kappa shape index (κ1) is 12.0. The lowest BCUT2D eigenvalue weighted by Gasteiger charge is -2.02. The number of hydrogen-bond donors (Lipinski definition) is 2. The number of aromatic amines is 1. The van der Waals surface area contributed by atoms with Gasteiger partial charge in [0, 0.05) is 24.0 Å². The van der Waals surface area contributed by atoms with E-state index in [-0.39, 0.29) is 0 Å². The molecular weight excluding hydrogens is 260 g/mol. The predicted octanol–water partition coefficient (Wildman–Crippen LogP) is 3.27. The van der Waals surface area contributed by atoms with Gasteiger partial charge in [0.2, 0.25) is 5.95 Å². The summed E-state index contributed by atoms with van der Waals surface area (Å²) in [5.74, 6) is 0.770. The molecule has 0 atom stereocenters. The van der Waals surface area contributed by atoms with Crippen LogP contribution in [0.2, 0.25) is 5.02 Å². The van der Waals surface area contributed by atoms with E-state index in [1.54, 1.807) is 12.4 Å². The van der Waals surface area contributed by atoms with Gasteiger partial charge in [-0.05, 0) is 42.3 Å². The van der Waals surface area contributed by atoms with Gasteiger partial charge in [0.15, 0.2) is 0 Å². The van der Waals surface area contributed by atoms with E-state index in [4.69, 9.17) is 11.6 Å². The molecule has 2 aromatic heterocycles. The van der Waals surface area contributed by atoms with Gasteiger partial charge in [0.25, 0.3) is 0 Å². The number of rotatable bonds is 4. The predicted molar refractivity (Wildman–Crippen MR) is 77.5 cm³/mol. The molecule has 0 saturated carbocycles. The largest absolute Gasteiger partial charge is 0.355 e. The van der Waals surface area contributed by atoms with Crippen molar-refractivity contribution in [1.29, 1.82) is 0 Å². The summed E-state index contributed by atoms with van der Waals surface area (Å²) in [5.41, 5.74) is 3.11. The summed E-state index contributed by atoms with van der Waals surface area (Å²) in [4.78, 5) is 11.7. The van der Waals surface area contributed by atoms with E-state index in [2.05, 4.69) is 20.3 Å². The summed E-state index contributed by atoms with van der Waals surface area (Å²) < 4.78 is 0. The maximum absolute atomic E-state index is 5.93. The summed E-state index contributed by atoms with van der Waals surface area (Å²) in [5, 5.41) is 3.97. The molecule has 2 heterocycles. The summed E-state index contributed by atoms with van der Waals surface area (Å²) >= 11 is 5.93. The quantitative estimate of drug-likeness (QED) is 0.766. The van der Waals surface area contributed by atoms with Gasteiger partial charge in [-0.15, -0.1) is 0 Å². The fraction of sp³-hybridized carbons (Fsp3) is 0.143. The molecular formula is C14H13ClN4. The van der Waals surface area contributed by atoms with Crippen molar-refractivity contribution in [3.05, 3.63) is 53.3 Å². The Hall–Kier alpha value is -2.07. The normalized spacial score (nSPS) is 10.8. The van der Waals surface area contributed by atoms with Crippen LogP contribution in [0, 0.1) is 0 Å². The van der Waals surface area contributed by atoms with Gasteiger partial charge in [-0.1, -0.05) is 11.6 Å². The van der Waals surface area contributed by atoms with Crippen molar-refractivity contribution >= 4 is 28.6 Å². The smallest absolute Gasteiger partial charge is 0.201 e. The van der Waals surface area contributed by atoms with Crippen LogP contribution in [0.15, 0.2) is 42.7 Å². The SMILES string of the molecule is Clc1ccc2[nH]c(NCCc3ccncc3)nc2c1. The van der Waals surface area contributed by atoms with Crippen molar-refractivity contribution in [1.82, 2.24) is 15.0 Å². The number of hydrogen-bond acceptors (Lipinski definition) is 3. The minimum absolute atomic E-state index is 0.697. The van der Waals surface area contributed by atoms with Crippen molar-refractivity contribution in [2.45, 2.75) is 6.42 Å². The van der Waals surface area contributed by atoms with Crippen LogP contribution in [0.3, 0.4) is 0 Å². The standard InChI is InChI=1S/C14H13ClN4/c15-11-1-2-12-13(9-11)19-14(18-12)17-8-5-10-3-6-16-7-4-10/h1-4,6-7,9H,5,8H2,(H2,17,18,19). The zero-order chi connectivity index (χ0) is 13.1. The second-order valence-electron chi connectivity index (χ2n) is 4.28. The van der Waals surface area contributed by atoms with Crippen LogP contribution in [-0.2, 0) is 6.42 Å². The zero-order valence-corrected chi connectivity index (χ0v) is 11.0. The first-order valence-electron chi connectivity index (χ1n) is 6.09. The second-order valence-corrected chi connectivity index (χ2v) is 4.72. The van der Waals surface area contributed by atoms with Gasteiger partial charge in [0.05, 0.1) is 11.0 Å². The fourth-order valence-electron chi connectivity index (χ4n) is 1.94. The van der Waals surface area contributed by atoms with Gasteiger partial charge in [-0.3, -0.25) is 4.98 Å². The monoisotopic (exact) mass is 272 g/mol. The molecule has 3 rings (SSSR count). The molecule has 0 aliphatic rings. The Labute approximate surface area is 115 Å². The Bertz CT molecular complexity index is 678. The molecule has 4 nitrogen and oxygen atoms in total. The molecule has 0 unspecified atom stereocenters. The lowest BCUT2D eigenvalue weighted by Crippen LogP contribution is -2.05. The molecule has 0 aliphatic heterocycles. The number of fused-ring (bicyclic) bond motifs is 1. The molecule has 0 aliphatic carbocycles. The van der Waals surface area contributed by atoms with E-state index in [0.29, 0.717) is 5.02 Å². The lowest BCUT2D eigenvalue weighted by molar-refractivity contribution is 0.994. The van der Waals surface area contributed by atoms with Gasteiger partial charge in [-0.2, -0.15) is 0 Å². The van der Waals surface area contributed by atoms with Crippen LogP contribution >= 0.6 is 11.6 Å². The summed E-state index contributed by atoms with van der Waals surface area (Å²) in [6.45, 7) is 0.817. The highest BCUT2D eigenvalue weighted by Crippen LogP contribution is 2.18. The number of benzene rings is 1. The molecule has 2 N–H and O–H groups in total. The minimum atomic E-state index is 0.697. The number of imidazole rings is 1. The Kier molecular flexibility index (Phi) is 3.33. The average Bonchev–Trinajstić information content (AvgIpc) is 2.82. The van der Waals surface area contributed by atoms with Gasteiger partial charge >= 0.3 is 0 Å². The Morgan fingerprint density at radius 1 is 1.16 bits per heavy atom. The molecule has 1 aromatic carbocycles. The number of nitrogens with zero attached hydrogens (tertiary/aromatic N) is 2.